The third kappa shape index (κ3) is 2.68. The maximum Gasteiger partial charge on any atom is 0.105 e. The zero-order valence-corrected chi connectivity index (χ0v) is 9.15. The molecular weight excluding hydrogens is 204 g/mol. The van der Waals surface area contributed by atoms with Crippen LogP contribution in [0.3, 0.4) is 0 Å². The molecule has 0 radical (unpaired) electrons. The van der Waals surface area contributed by atoms with Gasteiger partial charge in [0.15, 0.2) is 0 Å². The van der Waals surface area contributed by atoms with Gasteiger partial charge in [0.2, 0.25) is 0 Å². The summed E-state index contributed by atoms with van der Waals surface area (Å²) in [5.41, 5.74) is 1.15. The minimum absolute atomic E-state index is 0.379. The van der Waals surface area contributed by atoms with Crippen LogP contribution in [0.4, 0.5) is 0 Å². The van der Waals surface area contributed by atoms with Crippen LogP contribution >= 0.6 is 11.6 Å². The SMILES string of the molecule is C/C=C(/Cl)S(=O)c1ccc(C)cc1. The minimum atomic E-state index is -1.21. The molecule has 13 heavy (non-hydrogen) atoms. The molecule has 0 aromatic heterocycles. The van der Waals surface area contributed by atoms with Crippen LogP contribution in [-0.2, 0) is 10.8 Å². The van der Waals surface area contributed by atoms with E-state index in [1.807, 2.05) is 31.2 Å². The van der Waals surface area contributed by atoms with E-state index in [9.17, 15) is 4.21 Å². The van der Waals surface area contributed by atoms with Gasteiger partial charge in [-0.3, -0.25) is 0 Å². The molecule has 0 fully saturated rings. The Labute approximate surface area is 85.9 Å². The number of benzene rings is 1. The van der Waals surface area contributed by atoms with E-state index < -0.39 is 10.8 Å². The predicted molar refractivity (Wildman–Crippen MR) is 57.2 cm³/mol. The van der Waals surface area contributed by atoms with Crippen LogP contribution in [0.15, 0.2) is 39.6 Å². The molecule has 0 N–H and O–H groups in total. The van der Waals surface area contributed by atoms with Crippen LogP contribution in [0.25, 0.3) is 0 Å². The van der Waals surface area contributed by atoms with E-state index in [0.29, 0.717) is 4.36 Å². The molecule has 1 aromatic rings. The fraction of sp³-hybridized carbons (Fsp3) is 0.200. The van der Waals surface area contributed by atoms with Gasteiger partial charge in [0, 0.05) is 4.90 Å². The maximum atomic E-state index is 11.6. The Balaban J connectivity index is 2.97. The van der Waals surface area contributed by atoms with E-state index in [1.165, 1.54) is 0 Å². The van der Waals surface area contributed by atoms with Gasteiger partial charge in [-0.1, -0.05) is 35.4 Å². The highest BCUT2D eigenvalue weighted by molar-refractivity contribution is 7.90. The van der Waals surface area contributed by atoms with Crippen molar-refractivity contribution in [3.8, 4) is 0 Å². The average molecular weight is 215 g/mol. The fourth-order valence-corrected chi connectivity index (χ4v) is 1.97. The summed E-state index contributed by atoms with van der Waals surface area (Å²) in [7, 11) is -1.21. The van der Waals surface area contributed by atoms with Crippen LogP contribution in [0, 0.1) is 6.92 Å². The molecule has 1 nitrogen and oxygen atoms in total. The van der Waals surface area contributed by atoms with Gasteiger partial charge < -0.3 is 0 Å². The lowest BCUT2D eigenvalue weighted by molar-refractivity contribution is 0.688. The lowest BCUT2D eigenvalue weighted by Gasteiger charge is -1.99. The molecule has 70 valence electrons. The maximum absolute atomic E-state index is 11.6. The summed E-state index contributed by atoms with van der Waals surface area (Å²) in [5.74, 6) is 0. The predicted octanol–water partition coefficient (Wildman–Crippen LogP) is 3.20. The molecule has 0 heterocycles. The molecule has 1 atom stereocenters. The van der Waals surface area contributed by atoms with Crippen molar-refractivity contribution < 1.29 is 4.21 Å². The number of halogens is 1. The Kier molecular flexibility index (Phi) is 3.70. The standard InChI is InChI=1S/C10H11ClOS/c1-3-10(11)13(12)9-6-4-8(2)5-7-9/h3-7H,1-2H3/b10-3-. The second-order valence-corrected chi connectivity index (χ2v) is 4.75. The van der Waals surface area contributed by atoms with E-state index in [4.69, 9.17) is 11.6 Å². The largest absolute Gasteiger partial charge is 0.248 e. The zero-order valence-electron chi connectivity index (χ0n) is 7.58. The van der Waals surface area contributed by atoms with Gasteiger partial charge in [0.1, 0.15) is 4.36 Å². The molecule has 1 unspecified atom stereocenters. The van der Waals surface area contributed by atoms with Crippen molar-refractivity contribution in [2.24, 2.45) is 0 Å². The van der Waals surface area contributed by atoms with Gasteiger partial charge in [0.05, 0.1) is 10.8 Å². The van der Waals surface area contributed by atoms with Gasteiger partial charge in [-0.2, -0.15) is 0 Å². The van der Waals surface area contributed by atoms with Crippen molar-refractivity contribution in [3.05, 3.63) is 40.3 Å². The average Bonchev–Trinajstić information content (AvgIpc) is 2.17. The Hall–Kier alpha value is -0.600. The first-order valence-corrected chi connectivity index (χ1v) is 5.48. The van der Waals surface area contributed by atoms with Gasteiger partial charge in [0.25, 0.3) is 0 Å². The Morgan fingerprint density at radius 1 is 1.38 bits per heavy atom. The number of aryl methyl sites for hydroxylation is 1. The van der Waals surface area contributed by atoms with Crippen molar-refractivity contribution in [2.45, 2.75) is 18.7 Å². The molecule has 0 aliphatic carbocycles. The normalized spacial score (nSPS) is 14.2. The fourth-order valence-electron chi connectivity index (χ4n) is 0.881. The van der Waals surface area contributed by atoms with E-state index in [1.54, 1.807) is 13.0 Å². The summed E-state index contributed by atoms with van der Waals surface area (Å²) < 4.78 is 12.0. The summed E-state index contributed by atoms with van der Waals surface area (Å²) in [6.07, 6.45) is 1.65. The van der Waals surface area contributed by atoms with Crippen LogP contribution in [-0.4, -0.2) is 4.21 Å². The van der Waals surface area contributed by atoms with Crippen LogP contribution in [0.2, 0.25) is 0 Å². The third-order valence-electron chi connectivity index (χ3n) is 1.64. The summed E-state index contributed by atoms with van der Waals surface area (Å²) in [6.45, 7) is 3.76. The van der Waals surface area contributed by atoms with E-state index >= 15 is 0 Å². The lowest BCUT2D eigenvalue weighted by atomic mass is 10.2. The molecule has 0 saturated carbocycles. The van der Waals surface area contributed by atoms with Crippen molar-refractivity contribution in [1.82, 2.24) is 0 Å². The highest BCUT2D eigenvalue weighted by Gasteiger charge is 2.05. The Morgan fingerprint density at radius 2 is 1.92 bits per heavy atom. The third-order valence-corrected chi connectivity index (χ3v) is 3.57. The molecule has 0 aliphatic rings. The first-order valence-electron chi connectivity index (χ1n) is 3.95. The zero-order chi connectivity index (χ0) is 9.84. The van der Waals surface area contributed by atoms with Gasteiger partial charge >= 0.3 is 0 Å². The summed E-state index contributed by atoms with van der Waals surface area (Å²) in [5, 5.41) is 0. The number of allylic oxidation sites excluding steroid dienone is 1. The molecule has 3 heteroatoms. The van der Waals surface area contributed by atoms with Crippen LogP contribution in [0.1, 0.15) is 12.5 Å². The first-order chi connectivity index (χ1) is 6.15. The van der Waals surface area contributed by atoms with E-state index in [-0.39, 0.29) is 0 Å². The molecule has 0 amide bonds. The van der Waals surface area contributed by atoms with Gasteiger partial charge in [-0.15, -0.1) is 0 Å². The smallest absolute Gasteiger partial charge is 0.105 e. The Bertz CT molecular complexity index is 340. The van der Waals surface area contributed by atoms with Crippen molar-refractivity contribution in [2.75, 3.05) is 0 Å². The number of hydrogen-bond donors (Lipinski definition) is 0. The van der Waals surface area contributed by atoms with Crippen molar-refractivity contribution in [3.63, 3.8) is 0 Å². The minimum Gasteiger partial charge on any atom is -0.248 e. The molecule has 0 aliphatic heterocycles. The van der Waals surface area contributed by atoms with Crippen LogP contribution < -0.4 is 0 Å². The lowest BCUT2D eigenvalue weighted by Crippen LogP contribution is -1.90. The highest BCUT2D eigenvalue weighted by Crippen LogP contribution is 2.17. The summed E-state index contributed by atoms with van der Waals surface area (Å²) in [4.78, 5) is 0.744. The second kappa shape index (κ2) is 4.58. The van der Waals surface area contributed by atoms with E-state index in [2.05, 4.69) is 0 Å². The summed E-state index contributed by atoms with van der Waals surface area (Å²) in [6, 6.07) is 7.51. The molecular formula is C10H11ClOS. The van der Waals surface area contributed by atoms with Crippen molar-refractivity contribution >= 4 is 22.4 Å². The van der Waals surface area contributed by atoms with Crippen molar-refractivity contribution in [1.29, 1.82) is 0 Å². The monoisotopic (exact) mass is 214 g/mol. The molecule has 1 rings (SSSR count). The highest BCUT2D eigenvalue weighted by atomic mass is 35.5. The van der Waals surface area contributed by atoms with Gasteiger partial charge in [-0.05, 0) is 26.0 Å². The van der Waals surface area contributed by atoms with Crippen LogP contribution in [0.5, 0.6) is 0 Å². The first kappa shape index (κ1) is 10.5. The summed E-state index contributed by atoms with van der Waals surface area (Å²) >= 11 is 5.75. The van der Waals surface area contributed by atoms with E-state index in [0.717, 1.165) is 10.5 Å². The molecule has 0 saturated heterocycles. The number of rotatable bonds is 2. The number of hydrogen-bond acceptors (Lipinski definition) is 1. The second-order valence-electron chi connectivity index (χ2n) is 2.67. The van der Waals surface area contributed by atoms with Gasteiger partial charge in [-0.25, -0.2) is 4.21 Å². The topological polar surface area (TPSA) is 17.1 Å². The molecule has 0 spiro atoms. The molecule has 0 bridgehead atoms. The molecule has 1 aromatic carbocycles. The quantitative estimate of drug-likeness (QED) is 0.739. The Morgan fingerprint density at radius 3 is 2.38 bits per heavy atom.